The highest BCUT2D eigenvalue weighted by molar-refractivity contribution is 6.36. The number of amides is 3. The lowest BCUT2D eigenvalue weighted by molar-refractivity contribution is -0.167. The highest BCUT2D eigenvalue weighted by Gasteiger charge is 2.44. The Labute approximate surface area is 110 Å². The highest BCUT2D eigenvalue weighted by atomic mass is 16.6. The molecular formula is C11H16N2O6. The van der Waals surface area contributed by atoms with Crippen molar-refractivity contribution in [3.63, 3.8) is 0 Å². The third-order valence-corrected chi connectivity index (χ3v) is 2.23. The van der Waals surface area contributed by atoms with Gasteiger partial charge in [0.05, 0.1) is 13.7 Å². The van der Waals surface area contributed by atoms with Gasteiger partial charge < -0.3 is 14.8 Å². The van der Waals surface area contributed by atoms with Crippen molar-refractivity contribution < 1.29 is 28.7 Å². The van der Waals surface area contributed by atoms with Gasteiger partial charge in [-0.15, -0.1) is 0 Å². The number of nitrogens with zero attached hydrogens (tertiary/aromatic N) is 1. The molecule has 1 atom stereocenters. The van der Waals surface area contributed by atoms with Gasteiger partial charge in [-0.05, 0) is 20.8 Å². The van der Waals surface area contributed by atoms with Crippen LogP contribution in [0.25, 0.3) is 0 Å². The monoisotopic (exact) mass is 272 g/mol. The number of hydrogen-bond donors (Lipinski definition) is 1. The van der Waals surface area contributed by atoms with Crippen LogP contribution in [0.5, 0.6) is 0 Å². The first-order chi connectivity index (χ1) is 8.65. The van der Waals surface area contributed by atoms with Crippen LogP contribution in [0.2, 0.25) is 0 Å². The SMILES string of the molecule is COC(=O)C(=O)N1CC(NC(=O)OC(C)(C)C)C1=O. The highest BCUT2D eigenvalue weighted by Crippen LogP contribution is 2.13. The minimum atomic E-state index is -1.12. The molecule has 1 aliphatic heterocycles. The molecule has 0 radical (unpaired) electrons. The molecule has 0 aliphatic carbocycles. The van der Waals surface area contributed by atoms with Gasteiger partial charge in [0.1, 0.15) is 11.6 Å². The molecule has 3 amide bonds. The summed E-state index contributed by atoms with van der Waals surface area (Å²) in [5.41, 5.74) is -0.682. The Hall–Kier alpha value is -2.12. The molecule has 0 aromatic rings. The number of likely N-dealkylation sites (tertiary alicyclic amines) is 1. The molecule has 1 rings (SSSR count). The molecule has 1 saturated heterocycles. The van der Waals surface area contributed by atoms with Gasteiger partial charge in [0.25, 0.3) is 5.91 Å². The first-order valence-corrected chi connectivity index (χ1v) is 5.59. The average Bonchev–Trinajstić information content (AvgIpc) is 2.29. The molecule has 0 bridgehead atoms. The summed E-state index contributed by atoms with van der Waals surface area (Å²) in [4.78, 5) is 45.9. The topological polar surface area (TPSA) is 102 Å². The number of alkyl carbamates (subject to hydrolysis) is 1. The Morgan fingerprint density at radius 2 is 1.89 bits per heavy atom. The van der Waals surface area contributed by atoms with Crippen LogP contribution in [0.3, 0.4) is 0 Å². The number of rotatable bonds is 1. The Bertz CT molecular complexity index is 425. The lowest BCUT2D eigenvalue weighted by Crippen LogP contribution is -2.66. The molecule has 0 aromatic carbocycles. The van der Waals surface area contributed by atoms with Gasteiger partial charge in [0.15, 0.2) is 0 Å². The van der Waals surface area contributed by atoms with E-state index in [0.717, 1.165) is 7.11 Å². The smallest absolute Gasteiger partial charge is 0.408 e. The molecule has 1 unspecified atom stereocenters. The Kier molecular flexibility index (Phi) is 4.13. The molecule has 19 heavy (non-hydrogen) atoms. The largest absolute Gasteiger partial charge is 0.462 e. The number of β-lactam (4-membered cyclic amide) rings is 1. The second-order valence-corrected chi connectivity index (χ2v) is 4.94. The maximum atomic E-state index is 11.6. The quantitative estimate of drug-likeness (QED) is 0.389. The molecule has 0 saturated carbocycles. The first kappa shape index (κ1) is 14.9. The lowest BCUT2D eigenvalue weighted by atomic mass is 10.1. The summed E-state index contributed by atoms with van der Waals surface area (Å²) < 4.78 is 9.16. The molecule has 1 N–H and O–H groups in total. The maximum absolute atomic E-state index is 11.6. The standard InChI is InChI=1S/C11H16N2O6/c1-11(2,3)19-10(17)12-6-5-13(7(6)14)8(15)9(16)18-4/h6H,5H2,1-4H3,(H,12,17). The predicted molar refractivity (Wildman–Crippen MR) is 61.9 cm³/mol. The van der Waals surface area contributed by atoms with Crippen LogP contribution in [0.15, 0.2) is 0 Å². The molecule has 0 spiro atoms. The van der Waals surface area contributed by atoms with Gasteiger partial charge in [-0.25, -0.2) is 9.59 Å². The van der Waals surface area contributed by atoms with Crippen molar-refractivity contribution in [2.24, 2.45) is 0 Å². The summed E-state index contributed by atoms with van der Waals surface area (Å²) in [5.74, 6) is -2.83. The minimum absolute atomic E-state index is 0.0774. The summed E-state index contributed by atoms with van der Waals surface area (Å²) in [7, 11) is 1.04. The molecule has 8 nitrogen and oxygen atoms in total. The van der Waals surface area contributed by atoms with E-state index in [1.165, 1.54) is 0 Å². The zero-order valence-electron chi connectivity index (χ0n) is 11.2. The number of imide groups is 1. The van der Waals surface area contributed by atoms with Crippen molar-refractivity contribution in [2.45, 2.75) is 32.4 Å². The maximum Gasteiger partial charge on any atom is 0.408 e. The van der Waals surface area contributed by atoms with Gasteiger partial charge in [0.2, 0.25) is 0 Å². The van der Waals surface area contributed by atoms with Crippen molar-refractivity contribution in [2.75, 3.05) is 13.7 Å². The van der Waals surface area contributed by atoms with Gasteiger partial charge >= 0.3 is 18.0 Å². The number of carbonyl (C=O) groups is 4. The van der Waals surface area contributed by atoms with Gasteiger partial charge in [-0.2, -0.15) is 0 Å². The zero-order valence-corrected chi connectivity index (χ0v) is 11.2. The number of esters is 1. The fourth-order valence-corrected chi connectivity index (χ4v) is 1.36. The van der Waals surface area contributed by atoms with E-state index in [-0.39, 0.29) is 6.54 Å². The van der Waals surface area contributed by atoms with E-state index >= 15 is 0 Å². The van der Waals surface area contributed by atoms with Crippen molar-refractivity contribution in [1.29, 1.82) is 0 Å². The van der Waals surface area contributed by atoms with Crippen molar-refractivity contribution in [3.05, 3.63) is 0 Å². The molecule has 106 valence electrons. The van der Waals surface area contributed by atoms with Crippen molar-refractivity contribution in [1.82, 2.24) is 10.2 Å². The zero-order chi connectivity index (χ0) is 14.8. The van der Waals surface area contributed by atoms with Crippen LogP contribution in [0.1, 0.15) is 20.8 Å². The average molecular weight is 272 g/mol. The van der Waals surface area contributed by atoms with Crippen LogP contribution in [0, 0.1) is 0 Å². The van der Waals surface area contributed by atoms with Gasteiger partial charge in [0, 0.05) is 0 Å². The van der Waals surface area contributed by atoms with Gasteiger partial charge in [-0.1, -0.05) is 0 Å². The minimum Gasteiger partial charge on any atom is -0.462 e. The van der Waals surface area contributed by atoms with E-state index < -0.39 is 35.5 Å². The van der Waals surface area contributed by atoms with E-state index in [0.29, 0.717) is 4.90 Å². The second kappa shape index (κ2) is 5.25. The van der Waals surface area contributed by atoms with E-state index in [9.17, 15) is 19.2 Å². The number of hydrogen-bond acceptors (Lipinski definition) is 6. The number of methoxy groups -OCH3 is 1. The fraction of sp³-hybridized carbons (Fsp3) is 0.636. The second-order valence-electron chi connectivity index (χ2n) is 4.94. The lowest BCUT2D eigenvalue weighted by Gasteiger charge is -2.36. The Balaban J connectivity index is 2.47. The van der Waals surface area contributed by atoms with Crippen molar-refractivity contribution in [3.8, 4) is 0 Å². The summed E-state index contributed by atoms with van der Waals surface area (Å²) in [6.45, 7) is 4.97. The Morgan fingerprint density at radius 1 is 1.32 bits per heavy atom. The molecule has 1 heterocycles. The van der Waals surface area contributed by atoms with Crippen molar-refractivity contribution >= 4 is 23.9 Å². The molecule has 8 heteroatoms. The first-order valence-electron chi connectivity index (χ1n) is 5.59. The van der Waals surface area contributed by atoms with Crippen LogP contribution < -0.4 is 5.32 Å². The fourth-order valence-electron chi connectivity index (χ4n) is 1.36. The number of carbonyl (C=O) groups excluding carboxylic acids is 4. The third-order valence-electron chi connectivity index (χ3n) is 2.23. The summed E-state index contributed by atoms with van der Waals surface area (Å²) >= 11 is 0. The molecule has 1 aliphatic rings. The van der Waals surface area contributed by atoms with Crippen LogP contribution in [0.4, 0.5) is 4.79 Å². The Morgan fingerprint density at radius 3 is 2.32 bits per heavy atom. The third kappa shape index (κ3) is 3.67. The van der Waals surface area contributed by atoms with Crippen LogP contribution in [-0.4, -0.2) is 54.1 Å². The summed E-state index contributed by atoms with van der Waals surface area (Å²) in [6, 6.07) is -0.858. The summed E-state index contributed by atoms with van der Waals surface area (Å²) in [6.07, 6.45) is -0.754. The van der Waals surface area contributed by atoms with Gasteiger partial charge in [-0.3, -0.25) is 14.5 Å². The van der Waals surface area contributed by atoms with E-state index in [2.05, 4.69) is 10.1 Å². The summed E-state index contributed by atoms with van der Waals surface area (Å²) in [5, 5.41) is 2.31. The number of ether oxygens (including phenoxy) is 2. The van der Waals surface area contributed by atoms with E-state index in [4.69, 9.17) is 4.74 Å². The van der Waals surface area contributed by atoms with E-state index in [1.807, 2.05) is 0 Å². The van der Waals surface area contributed by atoms with Crippen LogP contribution >= 0.6 is 0 Å². The van der Waals surface area contributed by atoms with E-state index in [1.54, 1.807) is 20.8 Å². The molecule has 0 aromatic heterocycles. The normalized spacial score (nSPS) is 18.4. The predicted octanol–water partition coefficient (Wildman–Crippen LogP) is -0.579. The molecular weight excluding hydrogens is 256 g/mol. The molecule has 1 fully saturated rings. The van der Waals surface area contributed by atoms with Crippen LogP contribution in [-0.2, 0) is 23.9 Å². The number of nitrogens with one attached hydrogen (secondary N) is 1.